The van der Waals surface area contributed by atoms with Crippen LogP contribution in [0.3, 0.4) is 0 Å². The van der Waals surface area contributed by atoms with Gasteiger partial charge < -0.3 is 9.52 Å². The molecule has 0 saturated heterocycles. The van der Waals surface area contributed by atoms with Gasteiger partial charge in [-0.25, -0.2) is 0 Å². The zero-order valence-corrected chi connectivity index (χ0v) is 10.2. The molecule has 1 N–H and O–H groups in total. The first-order valence-electron chi connectivity index (χ1n) is 5.72. The maximum Gasteiger partial charge on any atom is 0.229 e. The van der Waals surface area contributed by atoms with Crippen molar-refractivity contribution in [2.45, 2.75) is 6.92 Å². The normalized spacial score (nSPS) is 13.1. The van der Waals surface area contributed by atoms with Gasteiger partial charge in [0.15, 0.2) is 5.76 Å². The highest BCUT2D eigenvalue weighted by Gasteiger charge is 2.35. The summed E-state index contributed by atoms with van der Waals surface area (Å²) in [5.74, 6) is -0.577. The molecule has 0 atom stereocenters. The second-order valence-electron chi connectivity index (χ2n) is 4.49. The number of ketones is 2. The van der Waals surface area contributed by atoms with E-state index in [1.165, 1.54) is 24.3 Å². The van der Waals surface area contributed by atoms with E-state index in [0.717, 1.165) is 0 Å². The number of carbonyl (C=O) groups is 2. The molecule has 1 heterocycles. The van der Waals surface area contributed by atoms with Gasteiger partial charge in [-0.05, 0) is 30.7 Å². The van der Waals surface area contributed by atoms with Crippen LogP contribution in [-0.2, 0) is 0 Å². The molecule has 0 aliphatic heterocycles. The molecular weight excluding hydrogens is 244 g/mol. The summed E-state index contributed by atoms with van der Waals surface area (Å²) in [7, 11) is 0. The Morgan fingerprint density at radius 3 is 2.63 bits per heavy atom. The molecule has 0 fully saturated rings. The lowest BCUT2D eigenvalue weighted by atomic mass is 9.88. The molecule has 0 amide bonds. The predicted octanol–water partition coefficient (Wildman–Crippen LogP) is 2.79. The number of hydrogen-bond donors (Lipinski definition) is 1. The third-order valence-corrected chi connectivity index (χ3v) is 3.12. The lowest BCUT2D eigenvalue weighted by molar-refractivity contribution is 0.0958. The summed E-state index contributed by atoms with van der Waals surface area (Å²) in [5.41, 5.74) is 1.01. The van der Waals surface area contributed by atoms with Crippen LogP contribution in [-0.4, -0.2) is 16.7 Å². The third kappa shape index (κ3) is 1.46. The van der Waals surface area contributed by atoms with Crippen LogP contribution in [0.15, 0.2) is 35.3 Å². The Kier molecular flexibility index (Phi) is 2.22. The van der Waals surface area contributed by atoms with Crippen molar-refractivity contribution in [2.75, 3.05) is 0 Å². The quantitative estimate of drug-likeness (QED) is 0.725. The summed E-state index contributed by atoms with van der Waals surface area (Å²) >= 11 is 0. The Bertz CT molecular complexity index is 750. The molecule has 0 spiro atoms. The van der Waals surface area contributed by atoms with Gasteiger partial charge in [0.2, 0.25) is 11.6 Å². The van der Waals surface area contributed by atoms with Crippen LogP contribution in [0.2, 0.25) is 0 Å². The van der Waals surface area contributed by atoms with Gasteiger partial charge in [0.25, 0.3) is 0 Å². The highest BCUT2D eigenvalue weighted by molar-refractivity contribution is 6.28. The lowest BCUT2D eigenvalue weighted by Gasteiger charge is -2.13. The summed E-state index contributed by atoms with van der Waals surface area (Å²) in [6, 6.07) is 5.90. The molecular formula is C15H10O4. The number of carbonyl (C=O) groups excluding carboxylic acids is 2. The van der Waals surface area contributed by atoms with Crippen LogP contribution < -0.4 is 0 Å². The fraction of sp³-hybridized carbons (Fsp3) is 0.0667. The molecule has 4 heteroatoms. The van der Waals surface area contributed by atoms with E-state index in [2.05, 4.69) is 6.58 Å². The van der Waals surface area contributed by atoms with Gasteiger partial charge in [-0.2, -0.15) is 0 Å². The largest absolute Gasteiger partial charge is 0.507 e. The molecule has 0 unspecified atom stereocenters. The Labute approximate surface area is 109 Å². The van der Waals surface area contributed by atoms with E-state index in [4.69, 9.17) is 4.42 Å². The number of benzene rings is 1. The third-order valence-electron chi connectivity index (χ3n) is 3.12. The summed E-state index contributed by atoms with van der Waals surface area (Å²) in [5, 5.41) is 9.76. The summed E-state index contributed by atoms with van der Waals surface area (Å²) < 4.78 is 5.40. The molecule has 2 aromatic rings. The van der Waals surface area contributed by atoms with Gasteiger partial charge in [-0.15, -0.1) is 0 Å². The Hall–Kier alpha value is -2.62. The van der Waals surface area contributed by atoms with Crippen molar-refractivity contribution in [2.24, 2.45) is 0 Å². The second kappa shape index (κ2) is 3.68. The van der Waals surface area contributed by atoms with E-state index in [0.29, 0.717) is 11.3 Å². The number of aromatic hydroxyl groups is 1. The van der Waals surface area contributed by atoms with Gasteiger partial charge in [0, 0.05) is 5.56 Å². The van der Waals surface area contributed by atoms with Gasteiger partial charge >= 0.3 is 0 Å². The minimum atomic E-state index is -0.404. The van der Waals surface area contributed by atoms with Gasteiger partial charge in [0.1, 0.15) is 11.5 Å². The highest BCUT2D eigenvalue weighted by Crippen LogP contribution is 2.35. The fourth-order valence-corrected chi connectivity index (χ4v) is 2.16. The predicted molar refractivity (Wildman–Crippen MR) is 68.4 cm³/mol. The van der Waals surface area contributed by atoms with Crippen molar-refractivity contribution in [3.63, 3.8) is 0 Å². The molecule has 19 heavy (non-hydrogen) atoms. The monoisotopic (exact) mass is 254 g/mol. The zero-order valence-electron chi connectivity index (χ0n) is 10.2. The molecule has 3 rings (SSSR count). The van der Waals surface area contributed by atoms with E-state index >= 15 is 0 Å². The van der Waals surface area contributed by atoms with Crippen LogP contribution >= 0.6 is 0 Å². The highest BCUT2D eigenvalue weighted by atomic mass is 16.3. The van der Waals surface area contributed by atoms with Crippen molar-refractivity contribution < 1.29 is 19.1 Å². The van der Waals surface area contributed by atoms with Gasteiger partial charge in [0.05, 0.1) is 11.1 Å². The molecule has 94 valence electrons. The smallest absolute Gasteiger partial charge is 0.229 e. The first-order valence-corrected chi connectivity index (χ1v) is 5.72. The molecule has 0 radical (unpaired) electrons. The van der Waals surface area contributed by atoms with Crippen molar-refractivity contribution in [3.8, 4) is 5.75 Å². The van der Waals surface area contributed by atoms with Crippen molar-refractivity contribution >= 4 is 17.1 Å². The lowest BCUT2D eigenvalue weighted by Crippen LogP contribution is -2.19. The number of phenolic OH excluding ortho intramolecular Hbond substituents is 1. The Morgan fingerprint density at radius 2 is 1.95 bits per heavy atom. The van der Waals surface area contributed by atoms with Gasteiger partial charge in [-0.3, -0.25) is 9.59 Å². The van der Waals surface area contributed by atoms with Crippen LogP contribution in [0, 0.1) is 0 Å². The van der Waals surface area contributed by atoms with Gasteiger partial charge in [-0.1, -0.05) is 12.6 Å². The average molecular weight is 254 g/mol. The number of phenols is 1. The van der Waals surface area contributed by atoms with Crippen molar-refractivity contribution in [3.05, 3.63) is 59.1 Å². The maximum atomic E-state index is 12.3. The fourth-order valence-electron chi connectivity index (χ4n) is 2.16. The number of hydrogen-bond acceptors (Lipinski definition) is 4. The summed E-state index contributed by atoms with van der Waals surface area (Å²) in [6.45, 7) is 5.45. The number of allylic oxidation sites excluding steroid dienone is 1. The summed E-state index contributed by atoms with van der Waals surface area (Å²) in [4.78, 5) is 24.6. The Morgan fingerprint density at radius 1 is 1.21 bits per heavy atom. The number of rotatable bonds is 1. The van der Waals surface area contributed by atoms with E-state index in [1.807, 2.05) is 0 Å². The molecule has 1 aliphatic carbocycles. The van der Waals surface area contributed by atoms with E-state index in [-0.39, 0.29) is 28.2 Å². The molecule has 0 saturated carbocycles. The van der Waals surface area contributed by atoms with E-state index in [1.54, 1.807) is 6.92 Å². The molecule has 0 bridgehead atoms. The van der Waals surface area contributed by atoms with Crippen LogP contribution in [0.4, 0.5) is 0 Å². The molecule has 4 nitrogen and oxygen atoms in total. The maximum absolute atomic E-state index is 12.3. The summed E-state index contributed by atoms with van der Waals surface area (Å²) in [6.07, 6.45) is 0. The SMILES string of the molecule is C=C(C)c1cc2c(o1)C(=O)c1cccc(O)c1C2=O. The van der Waals surface area contributed by atoms with E-state index < -0.39 is 11.6 Å². The average Bonchev–Trinajstić information content (AvgIpc) is 2.81. The van der Waals surface area contributed by atoms with Crippen molar-refractivity contribution in [1.82, 2.24) is 0 Å². The molecule has 1 aromatic heterocycles. The van der Waals surface area contributed by atoms with Crippen LogP contribution in [0.25, 0.3) is 5.57 Å². The van der Waals surface area contributed by atoms with Crippen molar-refractivity contribution in [1.29, 1.82) is 0 Å². The first-order chi connectivity index (χ1) is 9.00. The number of furan rings is 1. The Balaban J connectivity index is 2.30. The topological polar surface area (TPSA) is 67.5 Å². The minimum absolute atomic E-state index is 0.0149. The number of fused-ring (bicyclic) bond motifs is 2. The first kappa shape index (κ1) is 11.5. The molecule has 1 aromatic carbocycles. The van der Waals surface area contributed by atoms with Crippen LogP contribution in [0.5, 0.6) is 5.75 Å². The van der Waals surface area contributed by atoms with E-state index in [9.17, 15) is 14.7 Å². The zero-order chi connectivity index (χ0) is 13.7. The molecule has 1 aliphatic rings. The standard InChI is InChI=1S/C15H10O4/c1-7(2)11-6-9-13(17)12-8(4-3-5-10(12)16)14(18)15(9)19-11/h3-6,16H,1H2,2H3. The van der Waals surface area contributed by atoms with Crippen LogP contribution in [0.1, 0.15) is 44.7 Å². The minimum Gasteiger partial charge on any atom is -0.507 e. The second-order valence-corrected chi connectivity index (χ2v) is 4.49.